The number of aromatic nitrogens is 3. The minimum atomic E-state index is -4.11. The Balaban J connectivity index is 0.775. The zero-order chi connectivity index (χ0) is 40.5. The molecule has 0 unspecified atom stereocenters. The van der Waals surface area contributed by atoms with E-state index in [1.165, 1.54) is 28.2 Å². The fourth-order valence-electron chi connectivity index (χ4n) is 8.94. The topological polar surface area (TPSA) is 206 Å². The number of hydrogen-bond donors (Lipinski definition) is 3. The highest BCUT2D eigenvalue weighted by molar-refractivity contribution is 7.84. The molecule has 2 fully saturated rings. The van der Waals surface area contributed by atoms with Crippen molar-refractivity contribution in [2.24, 2.45) is 22.9 Å². The first-order chi connectivity index (χ1) is 28.1. The summed E-state index contributed by atoms with van der Waals surface area (Å²) in [7, 11) is -4.11. The molecule has 17 heteroatoms. The van der Waals surface area contributed by atoms with Crippen LogP contribution >= 0.6 is 0 Å². The third-order valence-electron chi connectivity index (χ3n) is 12.0. The Labute approximate surface area is 339 Å². The highest BCUT2D eigenvalue weighted by Crippen LogP contribution is 2.40. The second-order valence-corrected chi connectivity index (χ2v) is 17.0. The number of aryl methyl sites for hydroxylation is 1. The maximum absolute atomic E-state index is 12.4. The smallest absolute Gasteiger partial charge is 0.333 e. The van der Waals surface area contributed by atoms with Crippen molar-refractivity contribution in [3.05, 3.63) is 66.1 Å². The van der Waals surface area contributed by atoms with E-state index >= 15 is 0 Å². The lowest BCUT2D eigenvalue weighted by atomic mass is 9.80. The van der Waals surface area contributed by atoms with Gasteiger partial charge in [-0.05, 0) is 74.0 Å². The fourth-order valence-corrected chi connectivity index (χ4v) is 9.30. The number of hydrogen-bond acceptors (Lipinski definition) is 12. The van der Waals surface area contributed by atoms with E-state index in [1.807, 2.05) is 12.3 Å². The standard InChI is InChI=1S/C41H55N7O9S/c42-58(52,53)57-26-31-23-32(47-17-15-34-40(44-27-45-41(34)47)46-35-11-10-30-3-1-2-4-33(30)35)24-36(31)56-22-21-55-20-19-54-18-16-43-37(49)12-9-28-5-7-29(8-6-28)25-48-38(50)13-14-39(48)51/h1-4,13-15,17,27-29,31-32,35-36H,5-12,16,18-26H2,(H,43,49)(H2,42,52,53)(H,44,45,46)/t28?,29?,31-,32+,35-,36-/m0/s1. The predicted octanol–water partition coefficient (Wildman–Crippen LogP) is 3.75. The molecule has 58 heavy (non-hydrogen) atoms. The molecule has 0 saturated heterocycles. The minimum absolute atomic E-state index is 0.00572. The van der Waals surface area contributed by atoms with Crippen LogP contribution in [0.3, 0.4) is 0 Å². The highest BCUT2D eigenvalue weighted by Gasteiger charge is 2.38. The summed E-state index contributed by atoms with van der Waals surface area (Å²) >= 11 is 0. The minimum Gasteiger partial charge on any atom is -0.377 e. The molecule has 3 aliphatic carbocycles. The van der Waals surface area contributed by atoms with Crippen molar-refractivity contribution in [3.8, 4) is 0 Å². The molecule has 0 radical (unpaired) electrons. The van der Waals surface area contributed by atoms with E-state index < -0.39 is 10.3 Å². The Morgan fingerprint density at radius 3 is 2.43 bits per heavy atom. The molecule has 4 N–H and O–H groups in total. The van der Waals surface area contributed by atoms with Crippen LogP contribution in [-0.4, -0.2) is 104 Å². The number of fused-ring (bicyclic) bond motifs is 2. The van der Waals surface area contributed by atoms with E-state index in [0.29, 0.717) is 77.2 Å². The number of amides is 3. The van der Waals surface area contributed by atoms with Gasteiger partial charge in [-0.2, -0.15) is 8.42 Å². The van der Waals surface area contributed by atoms with E-state index in [9.17, 15) is 22.8 Å². The largest absolute Gasteiger partial charge is 0.377 e. The molecule has 1 aliphatic heterocycles. The summed E-state index contributed by atoms with van der Waals surface area (Å²) in [6.07, 6.45) is 14.4. The zero-order valence-electron chi connectivity index (χ0n) is 32.8. The number of nitrogens with two attached hydrogens (primary N) is 1. The molecule has 2 saturated carbocycles. The molecule has 0 bridgehead atoms. The van der Waals surface area contributed by atoms with E-state index in [1.54, 1.807) is 6.33 Å². The number of nitrogens with one attached hydrogen (secondary N) is 2. The van der Waals surface area contributed by atoms with Crippen LogP contribution in [0.4, 0.5) is 5.82 Å². The average molecular weight is 822 g/mol. The molecular formula is C41H55N7O9S. The number of carbonyl (C=O) groups is 3. The number of imide groups is 1. The van der Waals surface area contributed by atoms with Gasteiger partial charge in [-0.15, -0.1) is 0 Å². The van der Waals surface area contributed by atoms with Gasteiger partial charge in [-0.25, -0.2) is 15.1 Å². The number of rotatable bonds is 21. The summed E-state index contributed by atoms with van der Waals surface area (Å²) in [4.78, 5) is 46.6. The van der Waals surface area contributed by atoms with Crippen LogP contribution < -0.4 is 15.8 Å². The first kappa shape index (κ1) is 41.9. The third-order valence-corrected chi connectivity index (χ3v) is 12.4. The van der Waals surface area contributed by atoms with Crippen molar-refractivity contribution in [3.63, 3.8) is 0 Å². The summed E-state index contributed by atoms with van der Waals surface area (Å²) in [6.45, 7) is 2.56. The predicted molar refractivity (Wildman–Crippen MR) is 214 cm³/mol. The van der Waals surface area contributed by atoms with Gasteiger partial charge in [-0.3, -0.25) is 23.5 Å². The van der Waals surface area contributed by atoms with Crippen LogP contribution in [0.25, 0.3) is 11.0 Å². The molecule has 3 amide bonds. The van der Waals surface area contributed by atoms with E-state index in [2.05, 4.69) is 49.4 Å². The Morgan fingerprint density at radius 2 is 1.64 bits per heavy atom. The Kier molecular flexibility index (Phi) is 14.2. The van der Waals surface area contributed by atoms with E-state index in [-0.39, 0.29) is 48.4 Å². The molecule has 3 aromatic rings. The summed E-state index contributed by atoms with van der Waals surface area (Å²) in [5.74, 6) is 0.935. The summed E-state index contributed by atoms with van der Waals surface area (Å²) in [5, 5.41) is 12.7. The Hall–Kier alpha value is -4.26. The molecule has 4 aliphatic rings. The molecule has 1 aromatic carbocycles. The van der Waals surface area contributed by atoms with Gasteiger partial charge in [-0.1, -0.05) is 37.1 Å². The Morgan fingerprint density at radius 1 is 0.897 bits per heavy atom. The summed E-state index contributed by atoms with van der Waals surface area (Å²) < 4.78 is 48.1. The number of carbonyl (C=O) groups excluding carboxylic acids is 3. The van der Waals surface area contributed by atoms with Crippen LogP contribution in [0, 0.1) is 17.8 Å². The number of ether oxygens (including phenoxy) is 3. The lowest BCUT2D eigenvalue weighted by Crippen LogP contribution is -2.36. The molecule has 7 rings (SSSR count). The van der Waals surface area contributed by atoms with Gasteiger partial charge >= 0.3 is 10.3 Å². The van der Waals surface area contributed by atoms with Gasteiger partial charge in [0.25, 0.3) is 11.8 Å². The molecular weight excluding hydrogens is 767 g/mol. The fraction of sp³-hybridized carbons (Fsp3) is 0.585. The van der Waals surface area contributed by atoms with Gasteiger partial charge in [0.2, 0.25) is 5.91 Å². The monoisotopic (exact) mass is 821 g/mol. The number of nitrogens with zero attached hydrogens (tertiary/aromatic N) is 4. The average Bonchev–Trinajstić information content (AvgIpc) is 4.01. The van der Waals surface area contributed by atoms with Crippen LogP contribution in [0.2, 0.25) is 0 Å². The van der Waals surface area contributed by atoms with E-state index in [4.69, 9.17) is 23.5 Å². The zero-order valence-corrected chi connectivity index (χ0v) is 33.7. The van der Waals surface area contributed by atoms with Crippen molar-refractivity contribution in [2.75, 3.05) is 58.0 Å². The third kappa shape index (κ3) is 11.1. The SMILES string of the molecule is NS(=O)(=O)OC[C@@H]1C[C@@H](n2ccc3c(N[C@H]4CCc5ccccc54)ncnc32)C[C@@H]1OCCOCCOCCNC(=O)CCC1CCC(CN2C(=O)C=CC2=O)CC1. The second-order valence-electron chi connectivity index (χ2n) is 15.8. The number of anilines is 1. The van der Waals surface area contributed by atoms with Crippen molar-refractivity contribution in [2.45, 2.75) is 82.4 Å². The number of benzene rings is 1. The van der Waals surface area contributed by atoms with Crippen LogP contribution in [0.5, 0.6) is 0 Å². The van der Waals surface area contributed by atoms with Crippen molar-refractivity contribution >= 4 is 44.9 Å². The van der Waals surface area contributed by atoms with Crippen molar-refractivity contribution < 1.29 is 41.2 Å². The first-order valence-corrected chi connectivity index (χ1v) is 22.0. The van der Waals surface area contributed by atoms with E-state index in [0.717, 1.165) is 61.8 Å². The lowest BCUT2D eigenvalue weighted by molar-refractivity contribution is -0.137. The van der Waals surface area contributed by atoms with Gasteiger partial charge in [0.15, 0.2) is 0 Å². The first-order valence-electron chi connectivity index (χ1n) is 20.5. The summed E-state index contributed by atoms with van der Waals surface area (Å²) in [6, 6.07) is 10.7. The Bertz CT molecular complexity index is 2020. The van der Waals surface area contributed by atoms with Gasteiger partial charge < -0.3 is 29.4 Å². The van der Waals surface area contributed by atoms with Crippen LogP contribution in [0.15, 0.2) is 55.0 Å². The maximum atomic E-state index is 12.4. The van der Waals surface area contributed by atoms with Gasteiger partial charge in [0, 0.05) is 49.8 Å². The highest BCUT2D eigenvalue weighted by atomic mass is 32.2. The molecule has 4 atom stereocenters. The van der Waals surface area contributed by atoms with Crippen molar-refractivity contribution in [1.82, 2.24) is 24.8 Å². The molecule has 0 spiro atoms. The maximum Gasteiger partial charge on any atom is 0.333 e. The quantitative estimate of drug-likeness (QED) is 0.104. The molecule has 16 nitrogen and oxygen atoms in total. The molecule has 2 aromatic heterocycles. The normalized spacial score (nSPS) is 24.5. The van der Waals surface area contributed by atoms with Crippen molar-refractivity contribution in [1.29, 1.82) is 0 Å². The second kappa shape index (κ2) is 19.7. The van der Waals surface area contributed by atoms with Crippen LogP contribution in [-0.2, 0) is 49.5 Å². The van der Waals surface area contributed by atoms with Gasteiger partial charge in [0.05, 0.1) is 57.2 Å². The van der Waals surface area contributed by atoms with Crippen LogP contribution in [0.1, 0.15) is 81.0 Å². The molecule has 3 heterocycles. The summed E-state index contributed by atoms with van der Waals surface area (Å²) in [5.41, 5.74) is 3.45. The lowest BCUT2D eigenvalue weighted by Gasteiger charge is -2.30. The van der Waals surface area contributed by atoms with Gasteiger partial charge in [0.1, 0.15) is 17.8 Å². The molecule has 314 valence electrons.